The quantitative estimate of drug-likeness (QED) is 0.809. The molecule has 1 aromatic rings. The Hall–Kier alpha value is -0.940. The van der Waals surface area contributed by atoms with Gasteiger partial charge in [-0.3, -0.25) is 0 Å². The van der Waals surface area contributed by atoms with E-state index in [1.807, 2.05) is 4.68 Å². The third-order valence-corrected chi connectivity index (χ3v) is 2.96. The van der Waals surface area contributed by atoms with Crippen molar-refractivity contribution >= 4 is 0 Å². The van der Waals surface area contributed by atoms with E-state index in [9.17, 15) is 0 Å². The summed E-state index contributed by atoms with van der Waals surface area (Å²) in [6.07, 6.45) is 5.41. The van der Waals surface area contributed by atoms with Crippen LogP contribution < -0.4 is 5.32 Å². The first-order valence-corrected chi connectivity index (χ1v) is 6.08. The first-order chi connectivity index (χ1) is 7.90. The molecule has 5 nitrogen and oxygen atoms in total. The lowest BCUT2D eigenvalue weighted by Gasteiger charge is -2.23. The lowest BCUT2D eigenvalue weighted by Crippen LogP contribution is -2.37. The summed E-state index contributed by atoms with van der Waals surface area (Å²) in [7, 11) is 0. The first-order valence-electron chi connectivity index (χ1n) is 6.08. The van der Waals surface area contributed by atoms with Gasteiger partial charge < -0.3 is 10.1 Å². The van der Waals surface area contributed by atoms with Crippen LogP contribution in [0.15, 0.2) is 6.33 Å². The zero-order chi connectivity index (χ0) is 11.2. The van der Waals surface area contributed by atoms with E-state index < -0.39 is 0 Å². The fraction of sp³-hybridized carbons (Fsp3) is 0.818. The third-order valence-electron chi connectivity index (χ3n) is 2.96. The van der Waals surface area contributed by atoms with Crippen molar-refractivity contribution in [3.8, 4) is 0 Å². The summed E-state index contributed by atoms with van der Waals surface area (Å²) in [5.41, 5.74) is 0. The fourth-order valence-corrected chi connectivity index (χ4v) is 2.02. The second kappa shape index (κ2) is 5.96. The second-order valence-electron chi connectivity index (χ2n) is 4.15. The predicted molar refractivity (Wildman–Crippen MR) is 61.0 cm³/mol. The summed E-state index contributed by atoms with van der Waals surface area (Å²) < 4.78 is 7.54. The molecule has 1 aromatic heterocycles. The topological polar surface area (TPSA) is 52.0 Å². The van der Waals surface area contributed by atoms with E-state index >= 15 is 0 Å². The standard InChI is InChI=1S/C11H20N4O/c1-2-15-11(13-9-14-15)8-16-7-10-5-3-4-6-12-10/h9-10,12H,2-8H2,1H3. The number of aryl methyl sites for hydroxylation is 1. The summed E-state index contributed by atoms with van der Waals surface area (Å²) in [6, 6.07) is 0.520. The van der Waals surface area contributed by atoms with Crippen molar-refractivity contribution in [3.63, 3.8) is 0 Å². The van der Waals surface area contributed by atoms with Crippen LogP contribution in [0.1, 0.15) is 32.0 Å². The molecule has 0 radical (unpaired) electrons. The molecule has 5 heteroatoms. The maximum atomic E-state index is 5.67. The van der Waals surface area contributed by atoms with E-state index in [0.717, 1.165) is 25.5 Å². The number of nitrogens with zero attached hydrogens (tertiary/aromatic N) is 3. The van der Waals surface area contributed by atoms with Gasteiger partial charge in [0.1, 0.15) is 12.9 Å². The van der Waals surface area contributed by atoms with Gasteiger partial charge in [-0.15, -0.1) is 0 Å². The van der Waals surface area contributed by atoms with Crippen molar-refractivity contribution in [2.75, 3.05) is 13.2 Å². The predicted octanol–water partition coefficient (Wildman–Crippen LogP) is 0.957. The second-order valence-corrected chi connectivity index (χ2v) is 4.15. The molecule has 1 atom stereocenters. The van der Waals surface area contributed by atoms with Gasteiger partial charge in [-0.1, -0.05) is 6.42 Å². The molecule has 0 spiro atoms. The Morgan fingerprint density at radius 1 is 1.56 bits per heavy atom. The molecule has 0 amide bonds. The van der Waals surface area contributed by atoms with Crippen molar-refractivity contribution in [1.82, 2.24) is 20.1 Å². The summed E-state index contributed by atoms with van der Waals surface area (Å²) in [6.45, 7) is 5.36. The molecular formula is C11H20N4O. The number of aromatic nitrogens is 3. The Kier molecular flexibility index (Phi) is 4.30. The van der Waals surface area contributed by atoms with Crippen LogP contribution in [0.4, 0.5) is 0 Å². The van der Waals surface area contributed by atoms with Crippen LogP contribution in [0, 0.1) is 0 Å². The van der Waals surface area contributed by atoms with Crippen molar-refractivity contribution < 1.29 is 4.74 Å². The van der Waals surface area contributed by atoms with Gasteiger partial charge in [0, 0.05) is 12.6 Å². The molecule has 90 valence electrons. The summed E-state index contributed by atoms with van der Waals surface area (Å²) in [5.74, 6) is 0.915. The van der Waals surface area contributed by atoms with E-state index in [0.29, 0.717) is 12.6 Å². The molecule has 1 fully saturated rings. The lowest BCUT2D eigenvalue weighted by molar-refractivity contribution is 0.0843. The average molecular weight is 224 g/mol. The van der Waals surface area contributed by atoms with Crippen LogP contribution in [0.25, 0.3) is 0 Å². The van der Waals surface area contributed by atoms with E-state index in [2.05, 4.69) is 22.3 Å². The van der Waals surface area contributed by atoms with E-state index in [4.69, 9.17) is 4.74 Å². The van der Waals surface area contributed by atoms with E-state index in [1.54, 1.807) is 6.33 Å². The molecular weight excluding hydrogens is 204 g/mol. The number of hydrogen-bond acceptors (Lipinski definition) is 4. The fourth-order valence-electron chi connectivity index (χ4n) is 2.02. The Morgan fingerprint density at radius 2 is 2.50 bits per heavy atom. The molecule has 1 N–H and O–H groups in total. The van der Waals surface area contributed by atoms with Gasteiger partial charge in [-0.05, 0) is 26.3 Å². The van der Waals surface area contributed by atoms with E-state index in [1.165, 1.54) is 19.3 Å². The van der Waals surface area contributed by atoms with Crippen molar-refractivity contribution in [2.24, 2.45) is 0 Å². The Labute approximate surface area is 96.2 Å². The Morgan fingerprint density at radius 3 is 3.25 bits per heavy atom. The van der Waals surface area contributed by atoms with Crippen molar-refractivity contribution in [3.05, 3.63) is 12.2 Å². The highest BCUT2D eigenvalue weighted by molar-refractivity contribution is 4.81. The molecule has 0 aliphatic carbocycles. The first kappa shape index (κ1) is 11.5. The molecule has 1 aliphatic heterocycles. The van der Waals surface area contributed by atoms with Gasteiger partial charge in [0.15, 0.2) is 5.82 Å². The van der Waals surface area contributed by atoms with Crippen LogP contribution in [-0.4, -0.2) is 34.0 Å². The van der Waals surface area contributed by atoms with Gasteiger partial charge in [0.2, 0.25) is 0 Å². The summed E-state index contributed by atoms with van der Waals surface area (Å²) in [4.78, 5) is 4.18. The van der Waals surface area contributed by atoms with E-state index in [-0.39, 0.29) is 0 Å². The SMILES string of the molecule is CCn1ncnc1COCC1CCCCN1. The Balaban J connectivity index is 1.71. The highest BCUT2D eigenvalue weighted by atomic mass is 16.5. The Bertz CT molecular complexity index is 307. The summed E-state index contributed by atoms with van der Waals surface area (Å²) >= 11 is 0. The van der Waals surface area contributed by atoms with Gasteiger partial charge in [-0.2, -0.15) is 5.10 Å². The molecule has 0 aromatic carbocycles. The number of rotatable bonds is 5. The van der Waals surface area contributed by atoms with Gasteiger partial charge >= 0.3 is 0 Å². The molecule has 0 bridgehead atoms. The van der Waals surface area contributed by atoms with Gasteiger partial charge in [-0.25, -0.2) is 9.67 Å². The molecule has 0 saturated carbocycles. The number of piperidine rings is 1. The van der Waals surface area contributed by atoms with Crippen LogP contribution >= 0.6 is 0 Å². The molecule has 16 heavy (non-hydrogen) atoms. The molecule has 1 aliphatic rings. The highest BCUT2D eigenvalue weighted by Crippen LogP contribution is 2.07. The summed E-state index contributed by atoms with van der Waals surface area (Å²) in [5, 5.41) is 7.57. The molecule has 2 heterocycles. The minimum Gasteiger partial charge on any atom is -0.372 e. The monoisotopic (exact) mass is 224 g/mol. The highest BCUT2D eigenvalue weighted by Gasteiger charge is 2.12. The smallest absolute Gasteiger partial charge is 0.152 e. The largest absolute Gasteiger partial charge is 0.372 e. The number of nitrogens with one attached hydrogen (secondary N) is 1. The van der Waals surface area contributed by atoms with Crippen molar-refractivity contribution in [1.29, 1.82) is 0 Å². The third kappa shape index (κ3) is 3.02. The average Bonchev–Trinajstić information content (AvgIpc) is 2.78. The zero-order valence-corrected chi connectivity index (χ0v) is 9.85. The van der Waals surface area contributed by atoms with Gasteiger partial charge in [0.05, 0.1) is 6.61 Å². The van der Waals surface area contributed by atoms with Crippen molar-refractivity contribution in [2.45, 2.75) is 45.4 Å². The maximum Gasteiger partial charge on any atom is 0.152 e. The lowest BCUT2D eigenvalue weighted by atomic mass is 10.1. The number of hydrogen-bond donors (Lipinski definition) is 1. The van der Waals surface area contributed by atoms with Crippen LogP contribution in [0.2, 0.25) is 0 Å². The van der Waals surface area contributed by atoms with Crippen LogP contribution in [0.5, 0.6) is 0 Å². The molecule has 1 saturated heterocycles. The minimum absolute atomic E-state index is 0.520. The normalized spacial score (nSPS) is 21.2. The molecule has 1 unspecified atom stereocenters. The maximum absolute atomic E-state index is 5.67. The van der Waals surface area contributed by atoms with Gasteiger partial charge in [0.25, 0.3) is 0 Å². The number of ether oxygens (including phenoxy) is 1. The zero-order valence-electron chi connectivity index (χ0n) is 9.85. The minimum atomic E-state index is 0.520. The molecule has 2 rings (SSSR count). The van der Waals surface area contributed by atoms with Crippen LogP contribution in [0.3, 0.4) is 0 Å². The van der Waals surface area contributed by atoms with Crippen LogP contribution in [-0.2, 0) is 17.9 Å².